The lowest BCUT2D eigenvalue weighted by Gasteiger charge is -2.33. The number of hydrogen-bond acceptors (Lipinski definition) is 10. The monoisotopic (exact) mass is 448 g/mol. The van der Waals surface area contributed by atoms with Crippen LogP contribution in [0.15, 0.2) is 29.5 Å². The average Bonchev–Trinajstić information content (AvgIpc) is 2.82. The smallest absolute Gasteiger partial charge is 0.355 e. The van der Waals surface area contributed by atoms with Gasteiger partial charge in [0.15, 0.2) is 0 Å². The Morgan fingerprint density at radius 3 is 2.31 bits per heavy atom. The Morgan fingerprint density at radius 1 is 1.06 bits per heavy atom. The summed E-state index contributed by atoms with van der Waals surface area (Å²) in [5, 5.41) is 11.9. The van der Waals surface area contributed by atoms with Crippen LogP contribution in [0.5, 0.6) is 0 Å². The standard InChI is InChI=1S/C20H24N4O8/c1-21-6-8-22(9-7-21)18(25)13-4-5-15(16(10-13)24(28)29)23-12-32-11-14(19(26)30-2)17(23)20(27)31-3/h4-5,10H,6-9,11-12H2,1-3H3. The van der Waals surface area contributed by atoms with Crippen LogP contribution in [0.25, 0.3) is 0 Å². The molecule has 172 valence electrons. The molecule has 0 saturated carbocycles. The molecule has 3 rings (SSSR count). The molecule has 2 heterocycles. The minimum atomic E-state index is -0.874. The van der Waals surface area contributed by atoms with Gasteiger partial charge in [0.25, 0.3) is 11.6 Å². The minimum Gasteiger partial charge on any atom is -0.466 e. The van der Waals surface area contributed by atoms with E-state index in [1.165, 1.54) is 17.0 Å². The van der Waals surface area contributed by atoms with Crippen molar-refractivity contribution < 1.29 is 33.5 Å². The van der Waals surface area contributed by atoms with Crippen LogP contribution in [0.1, 0.15) is 10.4 Å². The van der Waals surface area contributed by atoms with Crippen LogP contribution >= 0.6 is 0 Å². The molecule has 2 aliphatic rings. The Hall–Kier alpha value is -3.51. The maximum absolute atomic E-state index is 12.9. The van der Waals surface area contributed by atoms with Crippen LogP contribution in [0.4, 0.5) is 11.4 Å². The van der Waals surface area contributed by atoms with Gasteiger partial charge in [0.2, 0.25) is 0 Å². The van der Waals surface area contributed by atoms with E-state index < -0.39 is 22.5 Å². The van der Waals surface area contributed by atoms with E-state index in [-0.39, 0.29) is 41.8 Å². The summed E-state index contributed by atoms with van der Waals surface area (Å²) in [5.74, 6) is -2.01. The van der Waals surface area contributed by atoms with Gasteiger partial charge in [-0.3, -0.25) is 14.9 Å². The van der Waals surface area contributed by atoms with E-state index in [4.69, 9.17) is 14.2 Å². The van der Waals surface area contributed by atoms with E-state index >= 15 is 0 Å². The summed E-state index contributed by atoms with van der Waals surface area (Å²) in [6.45, 7) is 1.99. The van der Waals surface area contributed by atoms with E-state index in [1.54, 1.807) is 4.90 Å². The fourth-order valence-corrected chi connectivity index (χ4v) is 3.56. The molecule has 1 aromatic carbocycles. The van der Waals surface area contributed by atoms with Crippen molar-refractivity contribution in [3.05, 3.63) is 45.1 Å². The molecule has 0 radical (unpaired) electrons. The highest BCUT2D eigenvalue weighted by molar-refractivity contribution is 6.04. The first kappa shape index (κ1) is 23.2. The van der Waals surface area contributed by atoms with Crippen molar-refractivity contribution in [2.75, 3.05) is 65.7 Å². The summed E-state index contributed by atoms with van der Waals surface area (Å²) >= 11 is 0. The zero-order valence-corrected chi connectivity index (χ0v) is 18.0. The number of esters is 2. The first-order chi connectivity index (χ1) is 15.3. The number of methoxy groups -OCH3 is 2. The third kappa shape index (κ3) is 4.55. The lowest BCUT2D eigenvalue weighted by atomic mass is 10.1. The van der Waals surface area contributed by atoms with Gasteiger partial charge in [0, 0.05) is 37.8 Å². The fraction of sp³-hybridized carbons (Fsp3) is 0.450. The number of amides is 1. The van der Waals surface area contributed by atoms with Gasteiger partial charge >= 0.3 is 11.9 Å². The quantitative estimate of drug-likeness (QED) is 0.354. The molecule has 0 aromatic heterocycles. The van der Waals surface area contributed by atoms with Crippen molar-refractivity contribution in [3.8, 4) is 0 Å². The zero-order chi connectivity index (χ0) is 23.4. The number of anilines is 1. The summed E-state index contributed by atoms with van der Waals surface area (Å²) < 4.78 is 14.9. The molecule has 0 aliphatic carbocycles. The Balaban J connectivity index is 2.03. The number of nitro benzene ring substituents is 1. The lowest BCUT2D eigenvalue weighted by Crippen LogP contribution is -2.47. The minimum absolute atomic E-state index is 0.0218. The molecule has 1 fully saturated rings. The van der Waals surface area contributed by atoms with Gasteiger partial charge in [-0.25, -0.2) is 9.59 Å². The summed E-state index contributed by atoms with van der Waals surface area (Å²) in [6, 6.07) is 3.97. The van der Waals surface area contributed by atoms with Crippen molar-refractivity contribution in [2.24, 2.45) is 0 Å². The molecule has 1 saturated heterocycles. The third-order valence-corrected chi connectivity index (χ3v) is 5.33. The Morgan fingerprint density at radius 2 is 1.72 bits per heavy atom. The number of ether oxygens (including phenoxy) is 3. The molecule has 1 aromatic rings. The lowest BCUT2D eigenvalue weighted by molar-refractivity contribution is -0.384. The maximum Gasteiger partial charge on any atom is 0.355 e. The van der Waals surface area contributed by atoms with E-state index in [0.717, 1.165) is 20.3 Å². The van der Waals surface area contributed by atoms with E-state index in [9.17, 15) is 24.5 Å². The number of nitrogens with zero attached hydrogens (tertiary/aromatic N) is 4. The second kappa shape index (κ2) is 9.75. The van der Waals surface area contributed by atoms with Crippen molar-refractivity contribution in [1.82, 2.24) is 9.80 Å². The predicted molar refractivity (Wildman–Crippen MR) is 111 cm³/mol. The van der Waals surface area contributed by atoms with Gasteiger partial charge in [-0.05, 0) is 19.2 Å². The van der Waals surface area contributed by atoms with E-state index in [1.807, 2.05) is 7.05 Å². The number of carbonyl (C=O) groups is 3. The molecular formula is C20H24N4O8. The number of likely N-dealkylation sites (N-methyl/N-ethyl adjacent to an activating group) is 1. The molecule has 0 unspecified atom stereocenters. The summed E-state index contributed by atoms with van der Waals surface area (Å²) in [5.41, 5.74) is -0.628. The predicted octanol–water partition coefficient (Wildman–Crippen LogP) is 0.377. The molecule has 12 nitrogen and oxygen atoms in total. The van der Waals surface area contributed by atoms with Gasteiger partial charge in [-0.2, -0.15) is 0 Å². The first-order valence-corrected chi connectivity index (χ1v) is 9.79. The molecule has 1 amide bonds. The van der Waals surface area contributed by atoms with Crippen LogP contribution in [0, 0.1) is 10.1 Å². The van der Waals surface area contributed by atoms with E-state index in [2.05, 4.69) is 4.90 Å². The van der Waals surface area contributed by atoms with Crippen LogP contribution < -0.4 is 4.90 Å². The van der Waals surface area contributed by atoms with Gasteiger partial charge in [0.1, 0.15) is 18.1 Å². The van der Waals surface area contributed by atoms with Gasteiger partial charge in [-0.1, -0.05) is 0 Å². The fourth-order valence-electron chi connectivity index (χ4n) is 3.56. The Labute approximate surface area is 184 Å². The Bertz CT molecular complexity index is 968. The number of hydrogen-bond donors (Lipinski definition) is 0. The van der Waals surface area contributed by atoms with E-state index in [0.29, 0.717) is 26.2 Å². The third-order valence-electron chi connectivity index (χ3n) is 5.33. The molecule has 32 heavy (non-hydrogen) atoms. The summed E-state index contributed by atoms with van der Waals surface area (Å²) in [4.78, 5) is 53.6. The topological polar surface area (TPSA) is 132 Å². The largest absolute Gasteiger partial charge is 0.466 e. The summed E-state index contributed by atoms with van der Waals surface area (Å²) in [6.07, 6.45) is 0. The molecule has 0 N–H and O–H groups in total. The highest BCUT2D eigenvalue weighted by Crippen LogP contribution is 2.35. The van der Waals surface area contributed by atoms with Gasteiger partial charge in [-0.15, -0.1) is 0 Å². The number of benzene rings is 1. The number of carbonyl (C=O) groups excluding carboxylic acids is 3. The normalized spacial score (nSPS) is 17.2. The van der Waals surface area contributed by atoms with Crippen LogP contribution in [-0.2, 0) is 23.8 Å². The molecule has 0 spiro atoms. The molecular weight excluding hydrogens is 424 g/mol. The summed E-state index contributed by atoms with van der Waals surface area (Å²) in [7, 11) is 4.23. The van der Waals surface area contributed by atoms with Crippen LogP contribution in [0.2, 0.25) is 0 Å². The van der Waals surface area contributed by atoms with Crippen molar-refractivity contribution in [3.63, 3.8) is 0 Å². The van der Waals surface area contributed by atoms with Crippen molar-refractivity contribution in [1.29, 1.82) is 0 Å². The molecule has 2 aliphatic heterocycles. The molecule has 0 atom stereocenters. The van der Waals surface area contributed by atoms with Crippen LogP contribution in [-0.4, -0.2) is 93.4 Å². The van der Waals surface area contributed by atoms with Crippen molar-refractivity contribution in [2.45, 2.75) is 0 Å². The number of nitro groups is 1. The van der Waals surface area contributed by atoms with Gasteiger partial charge < -0.3 is 28.9 Å². The highest BCUT2D eigenvalue weighted by Gasteiger charge is 2.36. The second-order valence-electron chi connectivity index (χ2n) is 7.27. The molecule has 0 bridgehead atoms. The number of rotatable bonds is 5. The Kier molecular flexibility index (Phi) is 7.05. The second-order valence-corrected chi connectivity index (χ2v) is 7.27. The highest BCUT2D eigenvalue weighted by atomic mass is 16.6. The average molecular weight is 448 g/mol. The molecule has 12 heteroatoms. The number of piperazine rings is 1. The maximum atomic E-state index is 12.9. The first-order valence-electron chi connectivity index (χ1n) is 9.79. The SMILES string of the molecule is COC(=O)C1=C(C(=O)OC)N(c2ccc(C(=O)N3CCN(C)CC3)cc2[N+](=O)[O-])COC1. The van der Waals surface area contributed by atoms with Gasteiger partial charge in [0.05, 0.1) is 31.3 Å². The zero-order valence-electron chi connectivity index (χ0n) is 18.0. The van der Waals surface area contributed by atoms with Crippen molar-refractivity contribution >= 4 is 29.2 Å². The van der Waals surface area contributed by atoms with Crippen LogP contribution in [0.3, 0.4) is 0 Å².